The van der Waals surface area contributed by atoms with Crippen LogP contribution >= 0.6 is 0 Å². The molecule has 140 valence electrons. The van der Waals surface area contributed by atoms with Gasteiger partial charge in [-0.2, -0.15) is 0 Å². The highest BCUT2D eigenvalue weighted by molar-refractivity contribution is 6.03. The molecule has 2 atom stereocenters. The van der Waals surface area contributed by atoms with Gasteiger partial charge in [0.2, 0.25) is 0 Å². The Labute approximate surface area is 156 Å². The minimum Gasteiger partial charge on any atom is -0.507 e. The second-order valence-corrected chi connectivity index (χ2v) is 6.71. The van der Waals surface area contributed by atoms with Gasteiger partial charge in [0.15, 0.2) is 5.78 Å². The summed E-state index contributed by atoms with van der Waals surface area (Å²) < 4.78 is 11.8. The summed E-state index contributed by atoms with van der Waals surface area (Å²) in [6, 6.07) is 9.87. The third-order valence-electron chi connectivity index (χ3n) is 4.92. The number of phenolic OH excluding ortho intramolecular Hbond substituents is 1. The monoisotopic (exact) mass is 368 g/mol. The van der Waals surface area contributed by atoms with Gasteiger partial charge in [0, 0.05) is 6.07 Å². The van der Waals surface area contributed by atoms with E-state index >= 15 is 0 Å². The van der Waals surface area contributed by atoms with Crippen LogP contribution in [0.5, 0.6) is 17.2 Å². The van der Waals surface area contributed by atoms with E-state index in [1.165, 1.54) is 0 Å². The fourth-order valence-corrected chi connectivity index (χ4v) is 3.70. The molecule has 7 heteroatoms. The van der Waals surface area contributed by atoms with E-state index in [9.17, 15) is 14.7 Å². The Bertz CT molecular complexity index is 897. The topological polar surface area (TPSA) is 111 Å². The maximum Gasteiger partial charge on any atom is 0.312 e. The number of fused-ring (bicyclic) bond motifs is 2. The van der Waals surface area contributed by atoms with Crippen LogP contribution < -0.4 is 20.5 Å². The van der Waals surface area contributed by atoms with E-state index < -0.39 is 18.2 Å². The number of Topliss-reactive ketones (excluding diaryl/α,β-unsaturated/α-hetero) is 1. The van der Waals surface area contributed by atoms with Gasteiger partial charge in [-0.15, -0.1) is 0 Å². The lowest BCUT2D eigenvalue weighted by atomic mass is 9.91. The number of nitrogens with two attached hydrogens (primary N) is 1. The molecule has 0 fully saturated rings. The van der Waals surface area contributed by atoms with Crippen LogP contribution in [0.4, 0.5) is 4.79 Å². The minimum atomic E-state index is -0.698. The van der Waals surface area contributed by atoms with Crippen molar-refractivity contribution in [1.82, 2.24) is 5.32 Å². The number of amides is 2. The number of urea groups is 1. The fraction of sp³-hybridized carbons (Fsp3) is 0.300. The highest BCUT2D eigenvalue weighted by Gasteiger charge is 2.35. The van der Waals surface area contributed by atoms with Crippen LogP contribution in [0.2, 0.25) is 0 Å². The Balaban J connectivity index is 1.78. The fourth-order valence-electron chi connectivity index (χ4n) is 3.70. The van der Waals surface area contributed by atoms with Crippen LogP contribution in [0.3, 0.4) is 0 Å². The number of hydrogen-bond donors (Lipinski definition) is 3. The third-order valence-corrected chi connectivity index (χ3v) is 4.92. The van der Waals surface area contributed by atoms with Gasteiger partial charge in [-0.3, -0.25) is 4.79 Å². The molecule has 4 N–H and O–H groups in total. The van der Waals surface area contributed by atoms with Crippen molar-refractivity contribution in [1.29, 1.82) is 0 Å². The van der Waals surface area contributed by atoms with Crippen molar-refractivity contribution in [2.24, 2.45) is 5.73 Å². The number of ether oxygens (including phenoxy) is 2. The van der Waals surface area contributed by atoms with Crippen molar-refractivity contribution in [3.63, 3.8) is 0 Å². The molecule has 4 rings (SSSR count). The predicted molar refractivity (Wildman–Crippen MR) is 97.1 cm³/mol. The van der Waals surface area contributed by atoms with Crippen molar-refractivity contribution >= 4 is 11.8 Å². The Morgan fingerprint density at radius 2 is 2.00 bits per heavy atom. The van der Waals surface area contributed by atoms with Gasteiger partial charge in [-0.1, -0.05) is 30.3 Å². The molecule has 2 aromatic rings. The molecule has 0 saturated heterocycles. The predicted octanol–water partition coefficient (Wildman–Crippen LogP) is 2.98. The first-order valence-corrected chi connectivity index (χ1v) is 8.88. The highest BCUT2D eigenvalue weighted by Crippen LogP contribution is 2.48. The number of hydrogen-bond acceptors (Lipinski definition) is 5. The van der Waals surface area contributed by atoms with Gasteiger partial charge in [0.25, 0.3) is 0 Å². The van der Waals surface area contributed by atoms with Gasteiger partial charge in [0.05, 0.1) is 24.6 Å². The molecule has 0 unspecified atom stereocenters. The number of phenols is 1. The van der Waals surface area contributed by atoms with Gasteiger partial charge >= 0.3 is 6.03 Å². The first-order valence-electron chi connectivity index (χ1n) is 8.88. The van der Waals surface area contributed by atoms with Crippen molar-refractivity contribution in [3.05, 3.63) is 53.1 Å². The van der Waals surface area contributed by atoms with E-state index in [1.54, 1.807) is 6.07 Å². The summed E-state index contributed by atoms with van der Waals surface area (Å²) in [5, 5.41) is 13.5. The van der Waals surface area contributed by atoms with Crippen LogP contribution in [-0.2, 0) is 0 Å². The summed E-state index contributed by atoms with van der Waals surface area (Å²) in [5.41, 5.74) is 6.66. The number of primary amides is 1. The van der Waals surface area contributed by atoms with Crippen molar-refractivity contribution in [2.75, 3.05) is 6.61 Å². The van der Waals surface area contributed by atoms with Crippen LogP contribution in [0.1, 0.15) is 52.9 Å². The van der Waals surface area contributed by atoms with Crippen LogP contribution in [0.15, 0.2) is 36.4 Å². The van der Waals surface area contributed by atoms with E-state index in [2.05, 4.69) is 5.32 Å². The van der Waals surface area contributed by atoms with E-state index in [4.69, 9.17) is 15.2 Å². The molecule has 2 aromatic carbocycles. The van der Waals surface area contributed by atoms with Crippen molar-refractivity contribution in [2.45, 2.75) is 31.4 Å². The lowest BCUT2D eigenvalue weighted by Crippen LogP contribution is -2.33. The summed E-state index contributed by atoms with van der Waals surface area (Å²) >= 11 is 0. The second-order valence-electron chi connectivity index (χ2n) is 6.71. The van der Waals surface area contributed by atoms with Gasteiger partial charge < -0.3 is 25.6 Å². The quantitative estimate of drug-likeness (QED) is 0.755. The molecule has 2 aliphatic rings. The van der Waals surface area contributed by atoms with E-state index in [1.807, 2.05) is 30.3 Å². The molecule has 27 heavy (non-hydrogen) atoms. The molecule has 2 heterocycles. The Morgan fingerprint density at radius 1 is 1.22 bits per heavy atom. The lowest BCUT2D eigenvalue weighted by molar-refractivity contribution is 0.0844. The van der Waals surface area contributed by atoms with Crippen LogP contribution in [0, 0.1) is 0 Å². The maximum absolute atomic E-state index is 12.8. The maximum atomic E-state index is 12.8. The molecule has 2 amide bonds. The summed E-state index contributed by atoms with van der Waals surface area (Å²) in [4.78, 5) is 24.1. The SMILES string of the molecule is NC(=O)N[C@H]1CCCOc2cc3c(c(O)c21)C(=O)C[C@@H](c1ccccc1)O3. The zero-order valence-corrected chi connectivity index (χ0v) is 14.6. The van der Waals surface area contributed by atoms with Crippen LogP contribution in [-0.4, -0.2) is 23.5 Å². The highest BCUT2D eigenvalue weighted by atomic mass is 16.5. The molecule has 0 aromatic heterocycles. The van der Waals surface area contributed by atoms with E-state index in [0.29, 0.717) is 30.8 Å². The normalized spacial score (nSPS) is 21.1. The molecule has 0 bridgehead atoms. The number of aromatic hydroxyl groups is 1. The Kier molecular flexibility index (Phi) is 4.35. The minimum absolute atomic E-state index is 0.123. The average molecular weight is 368 g/mol. The Hall–Kier alpha value is -3.22. The number of carbonyl (C=O) groups is 2. The van der Waals surface area contributed by atoms with Crippen molar-refractivity contribution < 1.29 is 24.2 Å². The molecule has 0 radical (unpaired) electrons. The lowest BCUT2D eigenvalue weighted by Gasteiger charge is -2.28. The summed E-state index contributed by atoms with van der Waals surface area (Å²) in [6.45, 7) is 0.429. The molecule has 0 spiro atoms. The smallest absolute Gasteiger partial charge is 0.312 e. The third kappa shape index (κ3) is 3.16. The Morgan fingerprint density at radius 3 is 2.74 bits per heavy atom. The number of benzene rings is 2. The molecule has 0 aliphatic carbocycles. The van der Waals surface area contributed by atoms with Gasteiger partial charge in [0.1, 0.15) is 28.9 Å². The second kappa shape index (κ2) is 6.83. The molecular weight excluding hydrogens is 348 g/mol. The first-order chi connectivity index (χ1) is 13.0. The molecule has 7 nitrogen and oxygen atoms in total. The summed E-state index contributed by atoms with van der Waals surface area (Å²) in [5.74, 6) is 0.257. The molecule has 2 aliphatic heterocycles. The van der Waals surface area contributed by atoms with Crippen LogP contribution in [0.25, 0.3) is 0 Å². The number of carbonyl (C=O) groups excluding carboxylic acids is 2. The zero-order chi connectivity index (χ0) is 19.0. The largest absolute Gasteiger partial charge is 0.507 e. The molecular formula is C20H20N2O5. The number of ketones is 1. The average Bonchev–Trinajstić information content (AvgIpc) is 2.84. The van der Waals surface area contributed by atoms with E-state index in [-0.39, 0.29) is 29.3 Å². The summed E-state index contributed by atoms with van der Waals surface area (Å²) in [6.07, 6.45) is 0.918. The number of rotatable bonds is 2. The molecule has 0 saturated carbocycles. The number of nitrogens with one attached hydrogen (secondary N) is 1. The van der Waals surface area contributed by atoms with Gasteiger partial charge in [-0.05, 0) is 18.4 Å². The summed E-state index contributed by atoms with van der Waals surface area (Å²) in [7, 11) is 0. The van der Waals surface area contributed by atoms with Gasteiger partial charge in [-0.25, -0.2) is 4.79 Å². The van der Waals surface area contributed by atoms with E-state index in [0.717, 1.165) is 5.56 Å². The zero-order valence-electron chi connectivity index (χ0n) is 14.6. The standard InChI is InChI=1S/C20H20N2O5/c21-20(25)22-12-7-4-8-26-15-10-16-18(19(24)17(12)15)13(23)9-14(27-16)11-5-2-1-3-6-11/h1-3,5-6,10,12,14,24H,4,7-9H2,(H3,21,22,25)/t12-,14-/m0/s1. The first kappa shape index (κ1) is 17.2. The van der Waals surface area contributed by atoms with Crippen molar-refractivity contribution in [3.8, 4) is 17.2 Å².